The molecule has 2 aromatic carbocycles. The highest BCUT2D eigenvalue weighted by atomic mass is 16.6. The first-order chi connectivity index (χ1) is 11.9. The van der Waals surface area contributed by atoms with E-state index in [0.29, 0.717) is 5.56 Å². The van der Waals surface area contributed by atoms with Crippen molar-refractivity contribution in [3.05, 3.63) is 85.4 Å². The van der Waals surface area contributed by atoms with E-state index in [-0.39, 0.29) is 16.8 Å². The molecule has 0 saturated heterocycles. The average molecular weight is 338 g/mol. The SMILES string of the molecule is O=C1c2ccccc2C(=O)C12[C@H](c1ccc([N+](=O)[O-])cc1)[C@H]2[N+](=O)[O-]. The normalized spacial score (nSPS) is 22.7. The maximum absolute atomic E-state index is 12.8. The van der Waals surface area contributed by atoms with Crippen LogP contribution in [0.4, 0.5) is 5.69 Å². The lowest BCUT2D eigenvalue weighted by Gasteiger charge is -2.03. The summed E-state index contributed by atoms with van der Waals surface area (Å²) in [6.45, 7) is 0. The van der Waals surface area contributed by atoms with Crippen LogP contribution in [0.3, 0.4) is 0 Å². The second-order valence-corrected chi connectivity index (χ2v) is 6.13. The molecule has 0 aromatic heterocycles. The molecule has 1 saturated carbocycles. The molecule has 8 heteroatoms. The molecule has 2 atom stereocenters. The highest BCUT2D eigenvalue weighted by Crippen LogP contribution is 2.66. The summed E-state index contributed by atoms with van der Waals surface area (Å²) < 4.78 is 0. The number of Topliss-reactive ketones (excluding diaryl/α,β-unsaturated/α-hetero) is 2. The van der Waals surface area contributed by atoms with Crippen molar-refractivity contribution in [2.45, 2.75) is 12.0 Å². The van der Waals surface area contributed by atoms with Crippen LogP contribution in [0.5, 0.6) is 0 Å². The molecule has 1 spiro atoms. The number of ketones is 2. The summed E-state index contributed by atoms with van der Waals surface area (Å²) in [5, 5.41) is 22.3. The number of nitro benzene ring substituents is 1. The molecule has 2 aliphatic carbocycles. The van der Waals surface area contributed by atoms with E-state index in [4.69, 9.17) is 0 Å². The largest absolute Gasteiger partial charge is 0.293 e. The van der Waals surface area contributed by atoms with Crippen molar-refractivity contribution >= 4 is 17.3 Å². The molecule has 124 valence electrons. The summed E-state index contributed by atoms with van der Waals surface area (Å²) in [4.78, 5) is 46.8. The lowest BCUT2D eigenvalue weighted by atomic mass is 9.93. The molecule has 2 aliphatic rings. The molecule has 0 N–H and O–H groups in total. The predicted octanol–water partition coefficient (Wildman–Crippen LogP) is 2.40. The van der Waals surface area contributed by atoms with Gasteiger partial charge in [-0.2, -0.15) is 0 Å². The molecule has 8 nitrogen and oxygen atoms in total. The minimum Gasteiger partial charge on any atom is -0.293 e. The van der Waals surface area contributed by atoms with E-state index in [2.05, 4.69) is 0 Å². The van der Waals surface area contributed by atoms with Crippen LogP contribution in [0.2, 0.25) is 0 Å². The van der Waals surface area contributed by atoms with Gasteiger partial charge in [-0.05, 0) is 5.56 Å². The van der Waals surface area contributed by atoms with Gasteiger partial charge in [0.2, 0.25) is 6.04 Å². The first-order valence-electron chi connectivity index (χ1n) is 7.47. The zero-order valence-electron chi connectivity index (χ0n) is 12.6. The molecule has 0 radical (unpaired) electrons. The van der Waals surface area contributed by atoms with E-state index in [9.17, 15) is 29.8 Å². The van der Waals surface area contributed by atoms with E-state index in [1.54, 1.807) is 12.1 Å². The Bertz CT molecular complexity index is 930. The van der Waals surface area contributed by atoms with Crippen molar-refractivity contribution in [2.24, 2.45) is 5.41 Å². The van der Waals surface area contributed by atoms with Crippen molar-refractivity contribution in [3.8, 4) is 0 Å². The summed E-state index contributed by atoms with van der Waals surface area (Å²) in [5.41, 5.74) is -1.12. The molecule has 2 aromatic rings. The minimum atomic E-state index is -1.73. The lowest BCUT2D eigenvalue weighted by molar-refractivity contribution is -0.500. The van der Waals surface area contributed by atoms with Crippen LogP contribution in [-0.4, -0.2) is 27.5 Å². The topological polar surface area (TPSA) is 120 Å². The molecule has 0 bridgehead atoms. The Morgan fingerprint density at radius 2 is 1.36 bits per heavy atom. The summed E-state index contributed by atoms with van der Waals surface area (Å²) in [6.07, 6.45) is 0. The fourth-order valence-electron chi connectivity index (χ4n) is 3.89. The third kappa shape index (κ3) is 1.76. The van der Waals surface area contributed by atoms with Crippen LogP contribution >= 0.6 is 0 Å². The number of nitro groups is 2. The third-order valence-electron chi connectivity index (χ3n) is 5.02. The Morgan fingerprint density at radius 3 is 1.80 bits per heavy atom. The van der Waals surface area contributed by atoms with Crippen LogP contribution in [-0.2, 0) is 0 Å². The summed E-state index contributed by atoms with van der Waals surface area (Å²) in [7, 11) is 0. The zero-order chi connectivity index (χ0) is 17.9. The van der Waals surface area contributed by atoms with Gasteiger partial charge in [-0.15, -0.1) is 0 Å². The van der Waals surface area contributed by atoms with Gasteiger partial charge >= 0.3 is 0 Å². The number of non-ortho nitro benzene ring substituents is 1. The lowest BCUT2D eigenvalue weighted by Crippen LogP contribution is -2.25. The zero-order valence-corrected chi connectivity index (χ0v) is 12.6. The van der Waals surface area contributed by atoms with Crippen LogP contribution in [0, 0.1) is 25.6 Å². The summed E-state index contributed by atoms with van der Waals surface area (Å²) in [6, 6.07) is 10.0. The third-order valence-corrected chi connectivity index (χ3v) is 5.02. The van der Waals surface area contributed by atoms with Crippen molar-refractivity contribution in [1.82, 2.24) is 0 Å². The van der Waals surface area contributed by atoms with Crippen LogP contribution < -0.4 is 0 Å². The first-order valence-corrected chi connectivity index (χ1v) is 7.47. The average Bonchev–Trinajstić information content (AvgIpc) is 3.27. The van der Waals surface area contributed by atoms with Gasteiger partial charge in [0.1, 0.15) is 0 Å². The second kappa shape index (κ2) is 4.79. The van der Waals surface area contributed by atoms with E-state index >= 15 is 0 Å². The number of nitrogens with zero attached hydrogens (tertiary/aromatic N) is 2. The number of carbonyl (C=O) groups excluding carboxylic acids is 2. The Morgan fingerprint density at radius 1 is 0.840 bits per heavy atom. The number of rotatable bonds is 3. The summed E-state index contributed by atoms with van der Waals surface area (Å²) in [5.74, 6) is -2.01. The second-order valence-electron chi connectivity index (χ2n) is 6.13. The molecular formula is C17H10N2O6. The van der Waals surface area contributed by atoms with Crippen LogP contribution in [0.25, 0.3) is 0 Å². The van der Waals surface area contributed by atoms with E-state index in [0.717, 1.165) is 0 Å². The van der Waals surface area contributed by atoms with Crippen molar-refractivity contribution in [1.29, 1.82) is 0 Å². The van der Waals surface area contributed by atoms with Gasteiger partial charge < -0.3 is 0 Å². The molecule has 1 fully saturated rings. The van der Waals surface area contributed by atoms with Crippen LogP contribution in [0.1, 0.15) is 32.2 Å². The monoisotopic (exact) mass is 338 g/mol. The van der Waals surface area contributed by atoms with Crippen molar-refractivity contribution in [2.75, 3.05) is 0 Å². The predicted molar refractivity (Wildman–Crippen MR) is 84.2 cm³/mol. The molecule has 0 amide bonds. The van der Waals surface area contributed by atoms with Gasteiger partial charge in [-0.25, -0.2) is 0 Å². The van der Waals surface area contributed by atoms with E-state index in [1.807, 2.05) is 0 Å². The number of hydrogen-bond acceptors (Lipinski definition) is 6. The smallest absolute Gasteiger partial charge is 0.269 e. The molecule has 0 aliphatic heterocycles. The highest BCUT2D eigenvalue weighted by molar-refractivity contribution is 6.33. The van der Waals surface area contributed by atoms with Gasteiger partial charge in [-0.3, -0.25) is 29.8 Å². The maximum atomic E-state index is 12.8. The molecule has 25 heavy (non-hydrogen) atoms. The number of fused-ring (bicyclic) bond motifs is 1. The quantitative estimate of drug-likeness (QED) is 0.481. The van der Waals surface area contributed by atoms with Crippen molar-refractivity contribution in [3.63, 3.8) is 0 Å². The minimum absolute atomic E-state index is 0.163. The van der Waals surface area contributed by atoms with E-state index < -0.39 is 38.8 Å². The van der Waals surface area contributed by atoms with Gasteiger partial charge in [0.15, 0.2) is 17.0 Å². The fourth-order valence-corrected chi connectivity index (χ4v) is 3.89. The standard InChI is InChI=1S/C17H10N2O6/c20-15-11-3-1-2-4-12(11)16(21)17(15)13(14(17)19(24)25)9-5-7-10(8-6-9)18(22)23/h1-8,13-14H/t13-,14-/m1/s1. The molecule has 4 rings (SSSR count). The molecule has 0 heterocycles. The Balaban J connectivity index is 1.82. The van der Waals surface area contributed by atoms with Crippen LogP contribution in [0.15, 0.2) is 48.5 Å². The van der Waals surface area contributed by atoms with Gasteiger partial charge in [0, 0.05) is 28.2 Å². The number of carbonyl (C=O) groups is 2. The summed E-state index contributed by atoms with van der Waals surface area (Å²) >= 11 is 0. The van der Waals surface area contributed by atoms with Crippen molar-refractivity contribution < 1.29 is 19.4 Å². The number of hydrogen-bond donors (Lipinski definition) is 0. The van der Waals surface area contributed by atoms with E-state index in [1.165, 1.54) is 36.4 Å². The highest BCUT2D eigenvalue weighted by Gasteiger charge is 2.84. The Labute approximate surface area is 140 Å². The molecular weight excluding hydrogens is 328 g/mol. The molecule has 0 unspecified atom stereocenters. The van der Waals surface area contributed by atoms with Gasteiger partial charge in [0.05, 0.1) is 10.8 Å². The van der Waals surface area contributed by atoms with Gasteiger partial charge in [0.25, 0.3) is 5.69 Å². The van der Waals surface area contributed by atoms with Gasteiger partial charge in [-0.1, -0.05) is 36.4 Å². The Hall–Kier alpha value is -3.42. The number of benzene rings is 2. The fraction of sp³-hybridized carbons (Fsp3) is 0.176. The first kappa shape index (κ1) is 15.1. The Kier molecular flexibility index (Phi) is 2.90. The maximum Gasteiger partial charge on any atom is 0.269 e.